The summed E-state index contributed by atoms with van der Waals surface area (Å²) >= 11 is 1.02. The minimum absolute atomic E-state index is 0.184. The number of rotatable bonds is 7. The highest BCUT2D eigenvalue weighted by Gasteiger charge is 2.26. The van der Waals surface area contributed by atoms with Crippen LogP contribution in [0.25, 0.3) is 0 Å². The summed E-state index contributed by atoms with van der Waals surface area (Å²) in [4.78, 5) is 36.8. The number of ether oxygens (including phenoxy) is 2. The molecule has 0 saturated carbocycles. The average molecular weight is 376 g/mol. The molecule has 2 N–H and O–H groups in total. The second-order valence-electron chi connectivity index (χ2n) is 5.21. The fourth-order valence-electron chi connectivity index (χ4n) is 2.21. The van der Waals surface area contributed by atoms with Crippen LogP contribution in [0.3, 0.4) is 0 Å². The number of esters is 1. The van der Waals surface area contributed by atoms with Crippen molar-refractivity contribution in [1.29, 1.82) is 0 Å². The molecule has 0 unspecified atom stereocenters. The SMILES string of the molecule is CCOC(=O)c1c(NC(=O)COc2ccccc2)sc(C(=O)NC)c1C. The van der Waals surface area contributed by atoms with Gasteiger partial charge in [0, 0.05) is 7.05 Å². The lowest BCUT2D eigenvalue weighted by Crippen LogP contribution is -2.21. The number of hydrogen-bond donors (Lipinski definition) is 2. The Morgan fingerprint density at radius 2 is 1.85 bits per heavy atom. The van der Waals surface area contributed by atoms with E-state index in [2.05, 4.69) is 10.6 Å². The normalized spacial score (nSPS) is 10.1. The van der Waals surface area contributed by atoms with Gasteiger partial charge >= 0.3 is 5.97 Å². The third-order valence-electron chi connectivity index (χ3n) is 3.43. The summed E-state index contributed by atoms with van der Waals surface area (Å²) in [5.41, 5.74) is 0.649. The highest BCUT2D eigenvalue weighted by molar-refractivity contribution is 7.18. The second-order valence-corrected chi connectivity index (χ2v) is 6.23. The molecule has 0 spiro atoms. The van der Waals surface area contributed by atoms with Gasteiger partial charge in [-0.1, -0.05) is 18.2 Å². The van der Waals surface area contributed by atoms with Gasteiger partial charge in [-0.15, -0.1) is 11.3 Å². The zero-order valence-corrected chi connectivity index (χ0v) is 15.6. The zero-order valence-electron chi connectivity index (χ0n) is 14.8. The Morgan fingerprint density at radius 1 is 1.15 bits per heavy atom. The van der Waals surface area contributed by atoms with Crippen LogP contribution in [0.2, 0.25) is 0 Å². The van der Waals surface area contributed by atoms with Gasteiger partial charge in [-0.05, 0) is 31.5 Å². The molecule has 0 fully saturated rings. The Morgan fingerprint density at radius 3 is 2.46 bits per heavy atom. The van der Waals surface area contributed by atoms with E-state index in [4.69, 9.17) is 9.47 Å². The van der Waals surface area contributed by atoms with Crippen LogP contribution in [0, 0.1) is 6.92 Å². The number of amides is 2. The predicted molar refractivity (Wildman–Crippen MR) is 99.0 cm³/mol. The quantitative estimate of drug-likeness (QED) is 0.725. The number of hydrogen-bond acceptors (Lipinski definition) is 6. The number of anilines is 1. The first-order valence-corrected chi connectivity index (χ1v) is 8.79. The molecule has 1 aromatic heterocycles. The number of nitrogens with one attached hydrogen (secondary N) is 2. The lowest BCUT2D eigenvalue weighted by atomic mass is 10.1. The standard InChI is InChI=1S/C18H20N2O5S/c1-4-24-18(23)14-11(2)15(16(22)19-3)26-17(14)20-13(21)10-25-12-8-6-5-7-9-12/h5-9H,4,10H2,1-3H3,(H,19,22)(H,20,21). The van der Waals surface area contributed by atoms with E-state index >= 15 is 0 Å². The van der Waals surface area contributed by atoms with Crippen LogP contribution in [-0.4, -0.2) is 38.0 Å². The van der Waals surface area contributed by atoms with Crippen molar-refractivity contribution in [2.45, 2.75) is 13.8 Å². The van der Waals surface area contributed by atoms with E-state index in [1.54, 1.807) is 38.1 Å². The van der Waals surface area contributed by atoms with Gasteiger partial charge in [-0.3, -0.25) is 9.59 Å². The van der Waals surface area contributed by atoms with Gasteiger partial charge in [0.2, 0.25) is 0 Å². The van der Waals surface area contributed by atoms with E-state index in [0.29, 0.717) is 16.2 Å². The molecule has 138 valence electrons. The van der Waals surface area contributed by atoms with Gasteiger partial charge in [0.25, 0.3) is 11.8 Å². The van der Waals surface area contributed by atoms with E-state index in [9.17, 15) is 14.4 Å². The molecular formula is C18H20N2O5S. The van der Waals surface area contributed by atoms with Crippen molar-refractivity contribution in [2.24, 2.45) is 0 Å². The molecule has 2 rings (SSSR count). The first-order chi connectivity index (χ1) is 12.5. The molecule has 0 radical (unpaired) electrons. The van der Waals surface area contributed by atoms with Crippen LogP contribution in [0.1, 0.15) is 32.5 Å². The molecule has 0 aliphatic rings. The van der Waals surface area contributed by atoms with Crippen LogP contribution >= 0.6 is 11.3 Å². The van der Waals surface area contributed by atoms with Gasteiger partial charge in [-0.2, -0.15) is 0 Å². The maximum Gasteiger partial charge on any atom is 0.341 e. The summed E-state index contributed by atoms with van der Waals surface area (Å²) in [6.45, 7) is 3.29. The molecule has 0 atom stereocenters. The van der Waals surface area contributed by atoms with E-state index in [-0.39, 0.29) is 29.7 Å². The Balaban J connectivity index is 2.19. The van der Waals surface area contributed by atoms with Gasteiger partial charge < -0.3 is 20.1 Å². The fourth-order valence-corrected chi connectivity index (χ4v) is 3.37. The summed E-state index contributed by atoms with van der Waals surface area (Å²) in [6, 6.07) is 8.90. The monoisotopic (exact) mass is 376 g/mol. The number of carbonyl (C=O) groups excluding carboxylic acids is 3. The molecule has 0 aliphatic heterocycles. The van der Waals surface area contributed by atoms with Crippen LogP contribution in [0.15, 0.2) is 30.3 Å². The van der Waals surface area contributed by atoms with Crippen LogP contribution < -0.4 is 15.4 Å². The summed E-state index contributed by atoms with van der Waals surface area (Å²) < 4.78 is 10.4. The first kappa shape index (κ1) is 19.5. The summed E-state index contributed by atoms with van der Waals surface area (Å²) in [6.07, 6.45) is 0. The highest BCUT2D eigenvalue weighted by Crippen LogP contribution is 2.33. The van der Waals surface area contributed by atoms with Gasteiger partial charge in [0.15, 0.2) is 6.61 Å². The van der Waals surface area contributed by atoms with Crippen molar-refractivity contribution >= 4 is 34.1 Å². The number of para-hydroxylation sites is 1. The van der Waals surface area contributed by atoms with Crippen LogP contribution in [-0.2, 0) is 9.53 Å². The van der Waals surface area contributed by atoms with Crippen molar-refractivity contribution in [3.63, 3.8) is 0 Å². The molecule has 0 aliphatic carbocycles. The summed E-state index contributed by atoms with van der Waals surface area (Å²) in [5, 5.41) is 5.41. The second kappa shape index (κ2) is 9.00. The fraction of sp³-hybridized carbons (Fsp3) is 0.278. The maximum atomic E-state index is 12.2. The Kier molecular flexibility index (Phi) is 6.74. The molecule has 2 aromatic rings. The largest absolute Gasteiger partial charge is 0.484 e. The lowest BCUT2D eigenvalue weighted by molar-refractivity contribution is -0.118. The summed E-state index contributed by atoms with van der Waals surface area (Å²) in [5.74, 6) is -0.805. The maximum absolute atomic E-state index is 12.2. The average Bonchev–Trinajstić information content (AvgIpc) is 2.96. The van der Waals surface area contributed by atoms with Crippen molar-refractivity contribution in [3.05, 3.63) is 46.3 Å². The van der Waals surface area contributed by atoms with Crippen LogP contribution in [0.4, 0.5) is 5.00 Å². The van der Waals surface area contributed by atoms with Crippen molar-refractivity contribution in [2.75, 3.05) is 25.6 Å². The zero-order chi connectivity index (χ0) is 19.1. The third-order valence-corrected chi connectivity index (χ3v) is 4.63. The van der Waals surface area contributed by atoms with Crippen molar-refractivity contribution in [1.82, 2.24) is 5.32 Å². The van der Waals surface area contributed by atoms with E-state index in [0.717, 1.165) is 11.3 Å². The number of benzene rings is 1. The van der Waals surface area contributed by atoms with E-state index < -0.39 is 11.9 Å². The van der Waals surface area contributed by atoms with Crippen molar-refractivity contribution in [3.8, 4) is 5.75 Å². The topological polar surface area (TPSA) is 93.7 Å². The lowest BCUT2D eigenvalue weighted by Gasteiger charge is -2.08. The highest BCUT2D eigenvalue weighted by atomic mass is 32.1. The Hall–Kier alpha value is -2.87. The minimum Gasteiger partial charge on any atom is -0.484 e. The van der Waals surface area contributed by atoms with Crippen molar-refractivity contribution < 1.29 is 23.9 Å². The Bertz CT molecular complexity index is 801. The number of thiophene rings is 1. The number of carbonyl (C=O) groups is 3. The molecule has 2 amide bonds. The predicted octanol–water partition coefficient (Wildman–Crippen LogP) is 2.61. The summed E-state index contributed by atoms with van der Waals surface area (Å²) in [7, 11) is 1.50. The molecule has 26 heavy (non-hydrogen) atoms. The van der Waals surface area contributed by atoms with Gasteiger partial charge in [0.1, 0.15) is 10.8 Å². The van der Waals surface area contributed by atoms with E-state index in [1.165, 1.54) is 7.05 Å². The molecular weight excluding hydrogens is 356 g/mol. The molecule has 1 aromatic carbocycles. The van der Waals surface area contributed by atoms with Gasteiger partial charge in [0.05, 0.1) is 17.0 Å². The molecule has 8 heteroatoms. The molecule has 0 saturated heterocycles. The minimum atomic E-state index is -0.587. The first-order valence-electron chi connectivity index (χ1n) is 7.98. The molecule has 7 nitrogen and oxygen atoms in total. The van der Waals surface area contributed by atoms with Gasteiger partial charge in [-0.25, -0.2) is 4.79 Å². The van der Waals surface area contributed by atoms with E-state index in [1.807, 2.05) is 6.07 Å². The Labute approximate surface area is 155 Å². The molecule has 0 bridgehead atoms. The van der Waals surface area contributed by atoms with Crippen LogP contribution in [0.5, 0.6) is 5.75 Å². The molecule has 1 heterocycles. The third kappa shape index (κ3) is 4.60. The smallest absolute Gasteiger partial charge is 0.341 e.